The van der Waals surface area contributed by atoms with Crippen LogP contribution in [0.15, 0.2) is 44.9 Å². The maximum atomic E-state index is 12.0. The molecule has 0 spiro atoms. The molecule has 3 heterocycles. The van der Waals surface area contributed by atoms with Crippen molar-refractivity contribution in [3.8, 4) is 6.07 Å². The Bertz CT molecular complexity index is 1370. The summed E-state index contributed by atoms with van der Waals surface area (Å²) < 4.78 is 8.21. The second kappa shape index (κ2) is 8.04. The van der Waals surface area contributed by atoms with Crippen molar-refractivity contribution in [2.75, 3.05) is 37.6 Å². The molecule has 0 atom stereocenters. The van der Waals surface area contributed by atoms with E-state index in [1.165, 1.54) is 20.2 Å². The third-order valence-electron chi connectivity index (χ3n) is 6.03. The number of anilines is 1. The smallest absolute Gasteiger partial charge is 0.405 e. The summed E-state index contributed by atoms with van der Waals surface area (Å²) in [5.74, 6) is -0.375. The zero-order valence-corrected chi connectivity index (χ0v) is 18.7. The van der Waals surface area contributed by atoms with Crippen LogP contribution in [0.25, 0.3) is 21.2 Å². The number of hydrogen-bond acceptors (Lipinski definition) is 6. The number of nitrogens with zero attached hydrogens (tertiary/aromatic N) is 4. The van der Waals surface area contributed by atoms with Gasteiger partial charge in [-0.1, -0.05) is 11.6 Å². The number of fused-ring (bicyclic) bond motifs is 2. The monoisotopic (exact) mass is 452 g/mol. The maximum Gasteiger partial charge on any atom is 0.419 e. The molecular formula is C23H21ClN4O2S. The van der Waals surface area contributed by atoms with E-state index in [1.54, 1.807) is 24.5 Å². The van der Waals surface area contributed by atoms with E-state index in [1.807, 2.05) is 24.3 Å². The molecule has 5 rings (SSSR count). The van der Waals surface area contributed by atoms with Gasteiger partial charge in [-0.05, 0) is 53.1 Å². The molecule has 0 amide bonds. The lowest BCUT2D eigenvalue weighted by molar-refractivity contribution is 0.261. The van der Waals surface area contributed by atoms with Crippen LogP contribution in [-0.2, 0) is 13.5 Å². The van der Waals surface area contributed by atoms with E-state index in [2.05, 4.69) is 21.2 Å². The Morgan fingerprint density at radius 1 is 1.19 bits per heavy atom. The zero-order chi connectivity index (χ0) is 21.5. The molecule has 0 unspecified atom stereocenters. The van der Waals surface area contributed by atoms with Gasteiger partial charge in [0, 0.05) is 49.5 Å². The van der Waals surface area contributed by atoms with Gasteiger partial charge in [0.15, 0.2) is 5.58 Å². The third-order valence-corrected chi connectivity index (χ3v) is 7.26. The van der Waals surface area contributed by atoms with Crippen molar-refractivity contribution in [2.45, 2.75) is 6.42 Å². The van der Waals surface area contributed by atoms with Crippen LogP contribution < -0.4 is 10.7 Å². The normalized spacial score (nSPS) is 15.1. The summed E-state index contributed by atoms with van der Waals surface area (Å²) in [7, 11) is 1.69. The third kappa shape index (κ3) is 3.72. The highest BCUT2D eigenvalue weighted by molar-refractivity contribution is 7.17. The topological polar surface area (TPSA) is 65.4 Å². The van der Waals surface area contributed by atoms with Gasteiger partial charge in [0.1, 0.15) is 0 Å². The fourth-order valence-electron chi connectivity index (χ4n) is 4.24. The van der Waals surface area contributed by atoms with Gasteiger partial charge in [-0.2, -0.15) is 5.26 Å². The molecule has 2 aromatic heterocycles. The summed E-state index contributed by atoms with van der Waals surface area (Å²) in [5.41, 5.74) is 4.22. The minimum atomic E-state index is -0.375. The molecule has 0 N–H and O–H groups in total. The number of piperazine rings is 1. The molecule has 1 saturated heterocycles. The molecule has 158 valence electrons. The van der Waals surface area contributed by atoms with E-state index in [9.17, 15) is 10.1 Å². The van der Waals surface area contributed by atoms with Crippen LogP contribution in [0.3, 0.4) is 0 Å². The molecule has 0 bridgehead atoms. The first kappa shape index (κ1) is 20.1. The Morgan fingerprint density at radius 2 is 2.00 bits per heavy atom. The van der Waals surface area contributed by atoms with Crippen molar-refractivity contribution in [2.24, 2.45) is 7.05 Å². The van der Waals surface area contributed by atoms with Gasteiger partial charge in [-0.3, -0.25) is 9.47 Å². The average Bonchev–Trinajstić information content (AvgIpc) is 3.32. The number of rotatable bonds is 4. The predicted molar refractivity (Wildman–Crippen MR) is 125 cm³/mol. The quantitative estimate of drug-likeness (QED) is 0.463. The largest absolute Gasteiger partial charge is 0.419 e. The first-order valence-corrected chi connectivity index (χ1v) is 11.5. The van der Waals surface area contributed by atoms with Crippen LogP contribution in [0.4, 0.5) is 5.69 Å². The molecule has 4 aromatic rings. The van der Waals surface area contributed by atoms with E-state index in [4.69, 9.17) is 16.0 Å². The van der Waals surface area contributed by atoms with Crippen molar-refractivity contribution in [3.05, 3.63) is 62.4 Å². The van der Waals surface area contributed by atoms with Crippen LogP contribution in [0, 0.1) is 11.3 Å². The summed E-state index contributed by atoms with van der Waals surface area (Å²) in [6.45, 7) is 4.52. The van der Waals surface area contributed by atoms with Crippen molar-refractivity contribution >= 4 is 49.8 Å². The van der Waals surface area contributed by atoms with Gasteiger partial charge in [0.05, 0.1) is 22.8 Å². The second-order valence-electron chi connectivity index (χ2n) is 7.86. The van der Waals surface area contributed by atoms with Crippen molar-refractivity contribution in [1.29, 1.82) is 5.26 Å². The lowest BCUT2D eigenvalue weighted by atomic mass is 10.1. The predicted octanol–water partition coefficient (Wildman–Crippen LogP) is 4.24. The standard InChI is InChI=1S/C23H21ClN4O2S/c1-26-19-11-17(24)12-20(22(19)30-23(26)29)28-8-6-27(7-9-28)5-4-16-14-31-21-3-2-15(13-25)10-18(16)21/h2-3,10-12,14H,4-9H2,1H3. The Morgan fingerprint density at radius 3 is 2.77 bits per heavy atom. The lowest BCUT2D eigenvalue weighted by Crippen LogP contribution is -2.47. The molecular weight excluding hydrogens is 432 g/mol. The number of nitriles is 1. The van der Waals surface area contributed by atoms with Gasteiger partial charge in [0.25, 0.3) is 0 Å². The summed E-state index contributed by atoms with van der Waals surface area (Å²) in [4.78, 5) is 16.7. The first-order valence-electron chi connectivity index (χ1n) is 10.2. The highest BCUT2D eigenvalue weighted by atomic mass is 35.5. The molecule has 1 aliphatic heterocycles. The Hall–Kier alpha value is -2.79. The van der Waals surface area contributed by atoms with E-state index in [-0.39, 0.29) is 5.76 Å². The number of aromatic nitrogens is 1. The average molecular weight is 453 g/mol. The molecule has 31 heavy (non-hydrogen) atoms. The van der Waals surface area contributed by atoms with Crippen molar-refractivity contribution < 1.29 is 4.42 Å². The van der Waals surface area contributed by atoms with E-state index < -0.39 is 0 Å². The van der Waals surface area contributed by atoms with E-state index >= 15 is 0 Å². The van der Waals surface area contributed by atoms with Crippen molar-refractivity contribution in [1.82, 2.24) is 9.47 Å². The van der Waals surface area contributed by atoms with Crippen LogP contribution >= 0.6 is 22.9 Å². The Kier molecular flexibility index (Phi) is 5.22. The Balaban J connectivity index is 1.28. The molecule has 1 aliphatic rings. The van der Waals surface area contributed by atoms with Gasteiger partial charge in [0.2, 0.25) is 0 Å². The highest BCUT2D eigenvalue weighted by Crippen LogP contribution is 2.31. The number of halogens is 1. The molecule has 0 radical (unpaired) electrons. The summed E-state index contributed by atoms with van der Waals surface area (Å²) in [5, 5.41) is 13.2. The second-order valence-corrected chi connectivity index (χ2v) is 9.21. The number of aryl methyl sites for hydroxylation is 1. The number of benzene rings is 2. The molecule has 8 heteroatoms. The molecule has 1 fully saturated rings. The molecule has 0 saturated carbocycles. The summed E-state index contributed by atoms with van der Waals surface area (Å²) >= 11 is 8.05. The Labute approximate surface area is 188 Å². The lowest BCUT2D eigenvalue weighted by Gasteiger charge is -2.36. The van der Waals surface area contributed by atoms with Gasteiger partial charge >= 0.3 is 5.76 Å². The minimum Gasteiger partial charge on any atom is -0.405 e. The van der Waals surface area contributed by atoms with Gasteiger partial charge in [-0.25, -0.2) is 4.79 Å². The van der Waals surface area contributed by atoms with Crippen LogP contribution in [-0.4, -0.2) is 42.2 Å². The number of oxazole rings is 1. The SMILES string of the molecule is Cn1c(=O)oc2c(N3CCN(CCc4csc5ccc(C#N)cc45)CC3)cc(Cl)cc21. The van der Waals surface area contributed by atoms with E-state index in [0.717, 1.165) is 50.3 Å². The highest BCUT2D eigenvalue weighted by Gasteiger charge is 2.22. The number of hydrogen-bond donors (Lipinski definition) is 0. The summed E-state index contributed by atoms with van der Waals surface area (Å²) in [6.07, 6.45) is 0.962. The molecule has 6 nitrogen and oxygen atoms in total. The van der Waals surface area contributed by atoms with E-state index in [0.29, 0.717) is 16.2 Å². The first-order chi connectivity index (χ1) is 15.0. The number of thiophene rings is 1. The summed E-state index contributed by atoms with van der Waals surface area (Å²) in [6, 6.07) is 11.8. The molecule has 2 aromatic carbocycles. The fourth-order valence-corrected chi connectivity index (χ4v) is 5.43. The maximum absolute atomic E-state index is 12.0. The zero-order valence-electron chi connectivity index (χ0n) is 17.1. The minimum absolute atomic E-state index is 0.375. The van der Waals surface area contributed by atoms with Crippen LogP contribution in [0.5, 0.6) is 0 Å². The van der Waals surface area contributed by atoms with Gasteiger partial charge in [-0.15, -0.1) is 11.3 Å². The van der Waals surface area contributed by atoms with Gasteiger partial charge < -0.3 is 9.32 Å². The van der Waals surface area contributed by atoms with Crippen LogP contribution in [0.2, 0.25) is 5.02 Å². The van der Waals surface area contributed by atoms with Crippen molar-refractivity contribution in [3.63, 3.8) is 0 Å². The van der Waals surface area contributed by atoms with Crippen LogP contribution in [0.1, 0.15) is 11.1 Å². The molecule has 0 aliphatic carbocycles. The fraction of sp³-hybridized carbons (Fsp3) is 0.304.